The summed E-state index contributed by atoms with van der Waals surface area (Å²) in [5.41, 5.74) is 4.35. The zero-order valence-electron chi connectivity index (χ0n) is 20.2. The Hall–Kier alpha value is -2.05. The minimum atomic E-state index is 0.169. The molecule has 0 radical (unpaired) electrons. The van der Waals surface area contributed by atoms with E-state index < -0.39 is 0 Å². The van der Waals surface area contributed by atoms with E-state index in [0.717, 1.165) is 62.7 Å². The first-order valence-electron chi connectivity index (χ1n) is 12.2. The first-order valence-corrected chi connectivity index (χ1v) is 12.2. The third-order valence-corrected chi connectivity index (χ3v) is 7.47. The van der Waals surface area contributed by atoms with Gasteiger partial charge in [-0.3, -0.25) is 0 Å². The Morgan fingerprint density at radius 2 is 1.72 bits per heavy atom. The van der Waals surface area contributed by atoms with Gasteiger partial charge in [0.2, 0.25) is 5.95 Å². The summed E-state index contributed by atoms with van der Waals surface area (Å²) in [5, 5.41) is 12.5. The first-order chi connectivity index (χ1) is 15.3. The standard InChI is InChI=1S/C26H39N5O/c1-25(2)11-12-26(3,4)22-17-19(7-8-21(22)25)23-28-18-29-24(30-23)31-14-9-20(10-15-31)27-13-5-6-16-32/h7-8,17-18,20,27,32H,5-6,9-16H2,1-4H3. The topological polar surface area (TPSA) is 74.2 Å². The maximum Gasteiger partial charge on any atom is 0.228 e. The van der Waals surface area contributed by atoms with Gasteiger partial charge in [0, 0.05) is 31.3 Å². The second-order valence-electron chi connectivity index (χ2n) is 10.8. The van der Waals surface area contributed by atoms with Gasteiger partial charge in [0.05, 0.1) is 0 Å². The van der Waals surface area contributed by atoms with Crippen molar-refractivity contribution in [1.82, 2.24) is 20.3 Å². The summed E-state index contributed by atoms with van der Waals surface area (Å²) in [6, 6.07) is 7.34. The second-order valence-corrected chi connectivity index (χ2v) is 10.8. The molecule has 1 saturated heterocycles. The van der Waals surface area contributed by atoms with Crippen LogP contribution in [0.1, 0.15) is 77.3 Å². The lowest BCUT2D eigenvalue weighted by Gasteiger charge is -2.42. The van der Waals surface area contributed by atoms with Gasteiger partial charge in [-0.2, -0.15) is 4.98 Å². The first kappa shape index (κ1) is 23.1. The van der Waals surface area contributed by atoms with E-state index in [2.05, 4.69) is 66.1 Å². The minimum Gasteiger partial charge on any atom is -0.396 e. The van der Waals surface area contributed by atoms with Gasteiger partial charge in [0.1, 0.15) is 6.33 Å². The van der Waals surface area contributed by atoms with Gasteiger partial charge in [-0.1, -0.05) is 39.8 Å². The highest BCUT2D eigenvalue weighted by Gasteiger charge is 2.37. The van der Waals surface area contributed by atoms with Crippen molar-refractivity contribution in [2.24, 2.45) is 0 Å². The Labute approximate surface area is 192 Å². The number of hydrogen-bond acceptors (Lipinski definition) is 6. The van der Waals surface area contributed by atoms with Crippen LogP contribution in [0, 0.1) is 0 Å². The van der Waals surface area contributed by atoms with E-state index in [1.54, 1.807) is 6.33 Å². The minimum absolute atomic E-state index is 0.169. The number of hydrogen-bond donors (Lipinski definition) is 2. The predicted molar refractivity (Wildman–Crippen MR) is 130 cm³/mol. The van der Waals surface area contributed by atoms with Gasteiger partial charge >= 0.3 is 0 Å². The number of aliphatic hydroxyl groups excluding tert-OH is 1. The number of nitrogens with one attached hydrogen (secondary N) is 1. The molecular weight excluding hydrogens is 398 g/mol. The molecule has 2 aliphatic rings. The Morgan fingerprint density at radius 1 is 1.00 bits per heavy atom. The monoisotopic (exact) mass is 437 g/mol. The van der Waals surface area contributed by atoms with E-state index in [-0.39, 0.29) is 17.4 Å². The van der Waals surface area contributed by atoms with Gasteiger partial charge in [0.25, 0.3) is 0 Å². The molecule has 1 aliphatic carbocycles. The number of unbranched alkanes of at least 4 members (excludes halogenated alkanes) is 1. The third kappa shape index (κ3) is 4.96. The number of benzene rings is 1. The number of anilines is 1. The van der Waals surface area contributed by atoms with Crippen LogP contribution in [-0.4, -0.2) is 52.3 Å². The highest BCUT2D eigenvalue weighted by Crippen LogP contribution is 2.46. The average Bonchev–Trinajstić information content (AvgIpc) is 2.80. The van der Waals surface area contributed by atoms with Crippen LogP contribution < -0.4 is 10.2 Å². The molecule has 0 amide bonds. The van der Waals surface area contributed by atoms with Crippen LogP contribution in [-0.2, 0) is 10.8 Å². The highest BCUT2D eigenvalue weighted by molar-refractivity contribution is 5.61. The smallest absolute Gasteiger partial charge is 0.228 e. The molecule has 0 spiro atoms. The SMILES string of the molecule is CC1(C)CCC(C)(C)c2cc(-c3ncnc(N4CCC(NCCCCO)CC4)n3)ccc21. The van der Waals surface area contributed by atoms with Crippen LogP contribution in [0.5, 0.6) is 0 Å². The Morgan fingerprint density at radius 3 is 2.44 bits per heavy atom. The van der Waals surface area contributed by atoms with Crippen molar-refractivity contribution in [1.29, 1.82) is 0 Å². The average molecular weight is 438 g/mol. The lowest BCUT2D eigenvalue weighted by atomic mass is 9.63. The van der Waals surface area contributed by atoms with Crippen molar-refractivity contribution in [2.45, 2.75) is 83.1 Å². The molecule has 0 saturated carbocycles. The Bertz CT molecular complexity index is 918. The summed E-state index contributed by atoms with van der Waals surface area (Å²) in [5.74, 6) is 1.55. The Balaban J connectivity index is 1.47. The van der Waals surface area contributed by atoms with Gasteiger partial charge in [-0.15, -0.1) is 0 Å². The molecule has 0 atom stereocenters. The summed E-state index contributed by atoms with van der Waals surface area (Å²) in [6.07, 6.45) is 8.14. The molecule has 2 aromatic rings. The predicted octanol–water partition coefficient (Wildman–Crippen LogP) is 4.22. The molecule has 1 aromatic carbocycles. The number of nitrogens with zero attached hydrogens (tertiary/aromatic N) is 4. The normalized spacial score (nSPS) is 20.2. The largest absolute Gasteiger partial charge is 0.396 e. The molecule has 1 aromatic heterocycles. The van der Waals surface area contributed by atoms with Crippen molar-refractivity contribution >= 4 is 5.95 Å². The van der Waals surface area contributed by atoms with E-state index in [9.17, 15) is 0 Å². The summed E-state index contributed by atoms with van der Waals surface area (Å²) in [7, 11) is 0. The Kier molecular flexibility index (Phi) is 6.82. The van der Waals surface area contributed by atoms with Gasteiger partial charge < -0.3 is 15.3 Å². The molecule has 2 heterocycles. The fourth-order valence-electron chi connectivity index (χ4n) is 5.13. The zero-order chi connectivity index (χ0) is 22.8. The van der Waals surface area contributed by atoms with E-state index in [0.29, 0.717) is 6.04 Å². The summed E-state index contributed by atoms with van der Waals surface area (Å²) in [4.78, 5) is 16.2. The lowest BCUT2D eigenvalue weighted by molar-refractivity contribution is 0.281. The molecule has 6 nitrogen and oxygen atoms in total. The van der Waals surface area contributed by atoms with Crippen LogP contribution in [0.25, 0.3) is 11.4 Å². The van der Waals surface area contributed by atoms with Gasteiger partial charge in [-0.05, 0) is 73.1 Å². The third-order valence-electron chi connectivity index (χ3n) is 7.47. The molecule has 1 aliphatic heterocycles. The van der Waals surface area contributed by atoms with E-state index in [1.807, 2.05) is 0 Å². The van der Waals surface area contributed by atoms with Crippen LogP contribution >= 0.6 is 0 Å². The van der Waals surface area contributed by atoms with Crippen molar-refractivity contribution in [3.8, 4) is 11.4 Å². The summed E-state index contributed by atoms with van der Waals surface area (Å²) in [6.45, 7) is 12.6. The number of aliphatic hydroxyl groups is 1. The zero-order valence-corrected chi connectivity index (χ0v) is 20.2. The molecule has 2 N–H and O–H groups in total. The van der Waals surface area contributed by atoms with Crippen LogP contribution in [0.2, 0.25) is 0 Å². The van der Waals surface area contributed by atoms with Gasteiger partial charge in [0.15, 0.2) is 5.82 Å². The maximum absolute atomic E-state index is 8.92. The molecular formula is C26H39N5O. The fraction of sp³-hybridized carbons (Fsp3) is 0.654. The summed E-state index contributed by atoms with van der Waals surface area (Å²) < 4.78 is 0. The molecule has 0 unspecified atom stereocenters. The van der Waals surface area contributed by atoms with Crippen molar-refractivity contribution in [2.75, 3.05) is 31.1 Å². The number of fused-ring (bicyclic) bond motifs is 1. The molecule has 174 valence electrons. The summed E-state index contributed by atoms with van der Waals surface area (Å²) >= 11 is 0. The fourth-order valence-corrected chi connectivity index (χ4v) is 5.13. The van der Waals surface area contributed by atoms with Crippen LogP contribution in [0.4, 0.5) is 5.95 Å². The molecule has 4 rings (SSSR count). The van der Waals surface area contributed by atoms with Gasteiger partial charge in [-0.25, -0.2) is 9.97 Å². The van der Waals surface area contributed by atoms with Crippen LogP contribution in [0.3, 0.4) is 0 Å². The van der Waals surface area contributed by atoms with E-state index >= 15 is 0 Å². The molecule has 6 heteroatoms. The molecule has 1 fully saturated rings. The number of rotatable bonds is 7. The van der Waals surface area contributed by atoms with E-state index in [1.165, 1.54) is 24.0 Å². The number of piperidine rings is 1. The molecule has 32 heavy (non-hydrogen) atoms. The van der Waals surface area contributed by atoms with Crippen molar-refractivity contribution in [3.05, 3.63) is 35.7 Å². The second kappa shape index (κ2) is 9.44. The van der Waals surface area contributed by atoms with E-state index in [4.69, 9.17) is 10.1 Å². The highest BCUT2D eigenvalue weighted by atomic mass is 16.2. The van der Waals surface area contributed by atoms with Crippen molar-refractivity contribution in [3.63, 3.8) is 0 Å². The maximum atomic E-state index is 8.92. The van der Waals surface area contributed by atoms with Crippen molar-refractivity contribution < 1.29 is 5.11 Å². The molecule has 0 bridgehead atoms. The lowest BCUT2D eigenvalue weighted by Crippen LogP contribution is -2.43. The quantitative estimate of drug-likeness (QED) is 0.632. The van der Waals surface area contributed by atoms with Crippen LogP contribution in [0.15, 0.2) is 24.5 Å². The number of aromatic nitrogens is 3.